The van der Waals surface area contributed by atoms with Gasteiger partial charge >= 0.3 is 0 Å². The first-order valence-corrected chi connectivity index (χ1v) is 5.67. The van der Waals surface area contributed by atoms with Gasteiger partial charge in [0.25, 0.3) is 0 Å². The minimum absolute atomic E-state index is 0.182. The SMILES string of the molecule is C=C/C=C(\C=C)N/C(C=C)=C/C=C/C(C)(C)C. The molecule has 0 atom stereocenters. The molecule has 1 heteroatoms. The van der Waals surface area contributed by atoms with Crippen LogP contribution in [0.5, 0.6) is 0 Å². The molecule has 0 heterocycles. The van der Waals surface area contributed by atoms with Crippen LogP contribution < -0.4 is 5.32 Å². The second kappa shape index (κ2) is 7.50. The fourth-order valence-corrected chi connectivity index (χ4v) is 1.06. The van der Waals surface area contributed by atoms with E-state index in [9.17, 15) is 0 Å². The Bertz CT molecular complexity index is 359. The Hall–Kier alpha value is -1.76. The molecule has 0 aliphatic carbocycles. The fraction of sp³-hybridized carbons (Fsp3) is 0.250. The standard InChI is InChI=1S/C16H23N/c1-7-11-14(8-2)17-15(9-3)12-10-13-16(4,5)6/h7-13,17H,1-3H2,4-6H3/b13-10+,14-11+,15-12+. The third kappa shape index (κ3) is 8.09. The first-order valence-electron chi connectivity index (χ1n) is 5.67. The Morgan fingerprint density at radius 1 is 0.941 bits per heavy atom. The van der Waals surface area contributed by atoms with Crippen LogP contribution in [0, 0.1) is 5.41 Å². The predicted molar refractivity (Wildman–Crippen MR) is 78.5 cm³/mol. The van der Waals surface area contributed by atoms with Crippen molar-refractivity contribution in [1.82, 2.24) is 5.32 Å². The fourth-order valence-electron chi connectivity index (χ4n) is 1.06. The van der Waals surface area contributed by atoms with Gasteiger partial charge in [-0.15, -0.1) is 0 Å². The lowest BCUT2D eigenvalue weighted by molar-refractivity contribution is 0.544. The van der Waals surface area contributed by atoms with Crippen LogP contribution in [0.25, 0.3) is 0 Å². The van der Waals surface area contributed by atoms with Crippen molar-refractivity contribution in [3.8, 4) is 0 Å². The Balaban J connectivity index is 4.74. The topological polar surface area (TPSA) is 12.0 Å². The summed E-state index contributed by atoms with van der Waals surface area (Å²) in [6, 6.07) is 0. The summed E-state index contributed by atoms with van der Waals surface area (Å²) < 4.78 is 0. The molecule has 0 aromatic heterocycles. The van der Waals surface area contributed by atoms with E-state index in [0.29, 0.717) is 0 Å². The van der Waals surface area contributed by atoms with Gasteiger partial charge in [0, 0.05) is 11.4 Å². The summed E-state index contributed by atoms with van der Waals surface area (Å²) in [6.45, 7) is 17.6. The first-order chi connectivity index (χ1) is 7.92. The second-order valence-corrected chi connectivity index (χ2v) is 4.74. The van der Waals surface area contributed by atoms with E-state index in [2.05, 4.69) is 51.9 Å². The van der Waals surface area contributed by atoms with Crippen molar-refractivity contribution < 1.29 is 0 Å². The Morgan fingerprint density at radius 3 is 1.88 bits per heavy atom. The molecule has 0 fully saturated rings. The molecule has 0 radical (unpaired) electrons. The minimum atomic E-state index is 0.182. The molecule has 1 N–H and O–H groups in total. The van der Waals surface area contributed by atoms with Crippen LogP contribution in [0.15, 0.2) is 73.7 Å². The molecular formula is C16H23N. The highest BCUT2D eigenvalue weighted by Gasteiger charge is 2.02. The molecule has 0 aromatic carbocycles. The van der Waals surface area contributed by atoms with E-state index in [4.69, 9.17) is 0 Å². The monoisotopic (exact) mass is 229 g/mol. The van der Waals surface area contributed by atoms with E-state index in [1.165, 1.54) is 0 Å². The van der Waals surface area contributed by atoms with E-state index in [1.807, 2.05) is 18.2 Å². The largest absolute Gasteiger partial charge is 0.356 e. The van der Waals surface area contributed by atoms with Gasteiger partial charge in [0.05, 0.1) is 0 Å². The van der Waals surface area contributed by atoms with Crippen molar-refractivity contribution >= 4 is 0 Å². The summed E-state index contributed by atoms with van der Waals surface area (Å²) in [6.07, 6.45) is 13.2. The lowest BCUT2D eigenvalue weighted by Gasteiger charge is -2.11. The van der Waals surface area contributed by atoms with Crippen molar-refractivity contribution in [2.75, 3.05) is 0 Å². The maximum absolute atomic E-state index is 3.77. The molecule has 92 valence electrons. The summed E-state index contributed by atoms with van der Waals surface area (Å²) in [5, 5.41) is 3.20. The van der Waals surface area contributed by atoms with Gasteiger partial charge < -0.3 is 5.32 Å². The van der Waals surface area contributed by atoms with Crippen molar-refractivity contribution in [3.63, 3.8) is 0 Å². The average Bonchev–Trinajstić information content (AvgIpc) is 2.25. The molecular weight excluding hydrogens is 206 g/mol. The number of hydrogen-bond donors (Lipinski definition) is 1. The minimum Gasteiger partial charge on any atom is -0.356 e. The summed E-state index contributed by atoms with van der Waals surface area (Å²) in [5.74, 6) is 0. The van der Waals surface area contributed by atoms with Gasteiger partial charge in [0.2, 0.25) is 0 Å². The van der Waals surface area contributed by atoms with Gasteiger partial charge in [0.15, 0.2) is 0 Å². The van der Waals surface area contributed by atoms with Crippen LogP contribution in [0.4, 0.5) is 0 Å². The smallest absolute Gasteiger partial charge is 0.0378 e. The van der Waals surface area contributed by atoms with Crippen LogP contribution in [-0.4, -0.2) is 0 Å². The van der Waals surface area contributed by atoms with Crippen LogP contribution in [0.2, 0.25) is 0 Å². The summed E-state index contributed by atoms with van der Waals surface area (Å²) in [7, 11) is 0. The zero-order chi connectivity index (χ0) is 13.3. The van der Waals surface area contributed by atoms with Crippen LogP contribution in [0.3, 0.4) is 0 Å². The van der Waals surface area contributed by atoms with Crippen molar-refractivity contribution in [2.24, 2.45) is 5.41 Å². The van der Waals surface area contributed by atoms with Crippen LogP contribution in [0.1, 0.15) is 20.8 Å². The third-order valence-corrected chi connectivity index (χ3v) is 1.90. The molecule has 0 bridgehead atoms. The molecule has 0 aliphatic heterocycles. The van der Waals surface area contributed by atoms with Gasteiger partial charge in [-0.1, -0.05) is 58.7 Å². The summed E-state index contributed by atoms with van der Waals surface area (Å²) >= 11 is 0. The highest BCUT2D eigenvalue weighted by molar-refractivity contribution is 5.30. The maximum Gasteiger partial charge on any atom is 0.0378 e. The zero-order valence-electron chi connectivity index (χ0n) is 11.2. The van der Waals surface area contributed by atoms with E-state index < -0.39 is 0 Å². The zero-order valence-corrected chi connectivity index (χ0v) is 11.2. The highest BCUT2D eigenvalue weighted by Crippen LogP contribution is 2.14. The van der Waals surface area contributed by atoms with E-state index >= 15 is 0 Å². The van der Waals surface area contributed by atoms with Gasteiger partial charge in [0.1, 0.15) is 0 Å². The Morgan fingerprint density at radius 2 is 1.47 bits per heavy atom. The highest BCUT2D eigenvalue weighted by atomic mass is 14.9. The quantitative estimate of drug-likeness (QED) is 0.661. The summed E-state index contributed by atoms with van der Waals surface area (Å²) in [5.41, 5.74) is 2.01. The second-order valence-electron chi connectivity index (χ2n) is 4.74. The molecule has 0 saturated carbocycles. The molecule has 0 amide bonds. The molecule has 0 aromatic rings. The molecule has 0 unspecified atom stereocenters. The molecule has 0 aliphatic rings. The summed E-state index contributed by atoms with van der Waals surface area (Å²) in [4.78, 5) is 0. The number of rotatable bonds is 6. The van der Waals surface area contributed by atoms with Crippen LogP contribution >= 0.6 is 0 Å². The molecule has 17 heavy (non-hydrogen) atoms. The molecule has 1 nitrogen and oxygen atoms in total. The first kappa shape index (κ1) is 15.2. The Kier molecular flexibility index (Phi) is 6.73. The van der Waals surface area contributed by atoms with E-state index in [0.717, 1.165) is 11.4 Å². The van der Waals surface area contributed by atoms with Crippen molar-refractivity contribution in [1.29, 1.82) is 0 Å². The number of hydrogen-bond acceptors (Lipinski definition) is 1. The average molecular weight is 229 g/mol. The molecule has 0 spiro atoms. The molecule has 0 rings (SSSR count). The maximum atomic E-state index is 3.77. The van der Waals surface area contributed by atoms with Crippen molar-refractivity contribution in [3.05, 3.63) is 73.7 Å². The van der Waals surface area contributed by atoms with Gasteiger partial charge in [-0.05, 0) is 29.7 Å². The number of nitrogens with one attached hydrogen (secondary N) is 1. The van der Waals surface area contributed by atoms with Gasteiger partial charge in [-0.2, -0.15) is 0 Å². The van der Waals surface area contributed by atoms with Crippen molar-refractivity contribution in [2.45, 2.75) is 20.8 Å². The van der Waals surface area contributed by atoms with Crippen LogP contribution in [-0.2, 0) is 0 Å². The van der Waals surface area contributed by atoms with E-state index in [1.54, 1.807) is 18.2 Å². The third-order valence-electron chi connectivity index (χ3n) is 1.90. The van der Waals surface area contributed by atoms with E-state index in [-0.39, 0.29) is 5.41 Å². The Labute approximate surface area is 106 Å². The predicted octanol–water partition coefficient (Wildman–Crippen LogP) is 4.50. The van der Waals surface area contributed by atoms with Gasteiger partial charge in [-0.3, -0.25) is 0 Å². The van der Waals surface area contributed by atoms with Gasteiger partial charge in [-0.25, -0.2) is 0 Å². The lowest BCUT2D eigenvalue weighted by Crippen LogP contribution is -2.09. The normalized spacial score (nSPS) is 13.6. The number of allylic oxidation sites excluding steroid dienone is 7. The lowest BCUT2D eigenvalue weighted by atomic mass is 9.96. The molecule has 0 saturated heterocycles.